The molecule has 0 aromatic heterocycles. The lowest BCUT2D eigenvalue weighted by molar-refractivity contribution is 0.121. The Kier molecular flexibility index (Phi) is 3.55. The van der Waals surface area contributed by atoms with Gasteiger partial charge in [0, 0.05) is 22.2 Å². The second kappa shape index (κ2) is 4.86. The minimum absolute atomic E-state index is 0.116. The Labute approximate surface area is 121 Å². The van der Waals surface area contributed by atoms with Gasteiger partial charge in [0.15, 0.2) is 6.04 Å². The van der Waals surface area contributed by atoms with Crippen molar-refractivity contribution in [2.75, 3.05) is 0 Å². The molecule has 0 bridgehead atoms. The number of hydrazone groups is 1. The minimum atomic E-state index is -0.593. The quantitative estimate of drug-likeness (QED) is 0.905. The van der Waals surface area contributed by atoms with Crippen LogP contribution in [0.5, 0.6) is 5.75 Å². The number of halogens is 1. The number of rotatable bonds is 2. The van der Waals surface area contributed by atoms with Crippen LogP contribution in [0.25, 0.3) is 0 Å². The number of hydrogen-bond donors (Lipinski definition) is 1. The molecule has 5 heteroatoms. The molecule has 100 valence electrons. The van der Waals surface area contributed by atoms with Gasteiger partial charge < -0.3 is 5.11 Å². The molecule has 1 aliphatic rings. The van der Waals surface area contributed by atoms with Crippen LogP contribution in [0.2, 0.25) is 0 Å². The summed E-state index contributed by atoms with van der Waals surface area (Å²) in [6.45, 7) is 6.05. The van der Waals surface area contributed by atoms with Gasteiger partial charge in [-0.2, -0.15) is 10.4 Å². The summed E-state index contributed by atoms with van der Waals surface area (Å²) in [7, 11) is 0. The van der Waals surface area contributed by atoms with Gasteiger partial charge in [0.2, 0.25) is 0 Å². The van der Waals surface area contributed by atoms with E-state index in [4.69, 9.17) is 0 Å². The zero-order chi connectivity index (χ0) is 14.2. The van der Waals surface area contributed by atoms with Crippen LogP contribution in [0.4, 0.5) is 0 Å². The highest BCUT2D eigenvalue weighted by Gasteiger charge is 2.38. The first-order valence-electron chi connectivity index (χ1n) is 6.06. The number of nitrogens with zero attached hydrogens (tertiary/aromatic N) is 3. The van der Waals surface area contributed by atoms with Crippen molar-refractivity contribution >= 4 is 21.6 Å². The summed E-state index contributed by atoms with van der Waals surface area (Å²) in [4.78, 5) is 0. The molecular formula is C14H16BrN3O. The molecule has 0 fully saturated rings. The Bertz CT molecular complexity index is 575. The molecular weight excluding hydrogens is 306 g/mol. The van der Waals surface area contributed by atoms with E-state index in [1.807, 2.05) is 20.8 Å². The Hall–Kier alpha value is -1.54. The van der Waals surface area contributed by atoms with Crippen molar-refractivity contribution < 1.29 is 5.11 Å². The first kappa shape index (κ1) is 13.9. The van der Waals surface area contributed by atoms with Crippen LogP contribution in [-0.4, -0.2) is 21.4 Å². The lowest BCUT2D eigenvalue weighted by Gasteiger charge is -2.34. The van der Waals surface area contributed by atoms with Crippen molar-refractivity contribution in [3.63, 3.8) is 0 Å². The fourth-order valence-electron chi connectivity index (χ4n) is 2.47. The van der Waals surface area contributed by atoms with Crippen molar-refractivity contribution in [1.29, 1.82) is 5.26 Å². The summed E-state index contributed by atoms with van der Waals surface area (Å²) in [6, 6.07) is 6.75. The SMILES string of the molecule is CC1=NN([C@H](C#N)c2cc(Br)ccc2O)C(C)(C)C1. The van der Waals surface area contributed by atoms with Gasteiger partial charge in [-0.25, -0.2) is 0 Å². The second-order valence-corrected chi connectivity index (χ2v) is 6.32. The van der Waals surface area contributed by atoms with Crippen LogP contribution in [0.3, 0.4) is 0 Å². The van der Waals surface area contributed by atoms with Crippen molar-refractivity contribution in [2.24, 2.45) is 5.10 Å². The average Bonchev–Trinajstić information content (AvgIpc) is 2.58. The molecule has 0 unspecified atom stereocenters. The van der Waals surface area contributed by atoms with Crippen LogP contribution in [0.15, 0.2) is 27.8 Å². The molecule has 0 aliphatic carbocycles. The summed E-state index contributed by atoms with van der Waals surface area (Å²) in [5, 5.41) is 25.7. The molecule has 1 aromatic carbocycles. The Morgan fingerprint density at radius 1 is 1.53 bits per heavy atom. The number of nitriles is 1. The van der Waals surface area contributed by atoms with Crippen LogP contribution in [0, 0.1) is 11.3 Å². The summed E-state index contributed by atoms with van der Waals surface area (Å²) in [5.74, 6) is 0.116. The maximum Gasteiger partial charge on any atom is 0.162 e. The van der Waals surface area contributed by atoms with Crippen LogP contribution in [0.1, 0.15) is 38.8 Å². The van der Waals surface area contributed by atoms with Crippen molar-refractivity contribution in [2.45, 2.75) is 38.8 Å². The molecule has 2 rings (SSSR count). The zero-order valence-electron chi connectivity index (χ0n) is 11.2. The number of aromatic hydroxyl groups is 1. The van der Waals surface area contributed by atoms with Gasteiger partial charge in [-0.15, -0.1) is 0 Å². The Morgan fingerprint density at radius 3 is 2.74 bits per heavy atom. The molecule has 1 atom stereocenters. The third-order valence-corrected chi connectivity index (χ3v) is 3.73. The van der Waals surface area contributed by atoms with E-state index < -0.39 is 6.04 Å². The smallest absolute Gasteiger partial charge is 0.162 e. The summed E-state index contributed by atoms with van der Waals surface area (Å²) in [6.07, 6.45) is 0.819. The Balaban J connectivity index is 2.47. The molecule has 0 saturated carbocycles. The molecule has 1 heterocycles. The lowest BCUT2D eigenvalue weighted by atomic mass is 9.95. The largest absolute Gasteiger partial charge is 0.508 e. The number of benzene rings is 1. The monoisotopic (exact) mass is 321 g/mol. The molecule has 0 radical (unpaired) electrons. The lowest BCUT2D eigenvalue weighted by Crippen LogP contribution is -2.38. The van der Waals surface area contributed by atoms with E-state index in [0.717, 1.165) is 16.6 Å². The third kappa shape index (κ3) is 2.59. The van der Waals surface area contributed by atoms with E-state index in [1.165, 1.54) is 0 Å². The fraction of sp³-hybridized carbons (Fsp3) is 0.429. The van der Waals surface area contributed by atoms with Crippen molar-refractivity contribution in [3.8, 4) is 11.8 Å². The van der Waals surface area contributed by atoms with Gasteiger partial charge in [0.25, 0.3) is 0 Å². The normalized spacial score (nSPS) is 18.9. The highest BCUT2D eigenvalue weighted by atomic mass is 79.9. The molecule has 1 aromatic rings. The van der Waals surface area contributed by atoms with Crippen molar-refractivity contribution in [1.82, 2.24) is 5.01 Å². The second-order valence-electron chi connectivity index (χ2n) is 5.40. The van der Waals surface area contributed by atoms with Crippen LogP contribution >= 0.6 is 15.9 Å². The maximum atomic E-state index is 9.99. The maximum absolute atomic E-state index is 9.99. The van der Waals surface area contributed by atoms with Gasteiger partial charge in [0.05, 0.1) is 11.6 Å². The van der Waals surface area contributed by atoms with Gasteiger partial charge >= 0.3 is 0 Å². The zero-order valence-corrected chi connectivity index (χ0v) is 12.8. The van der Waals surface area contributed by atoms with E-state index in [9.17, 15) is 10.4 Å². The Morgan fingerprint density at radius 2 is 2.21 bits per heavy atom. The molecule has 0 spiro atoms. The van der Waals surface area contributed by atoms with E-state index in [0.29, 0.717) is 5.56 Å². The first-order chi connectivity index (χ1) is 8.85. The fourth-order valence-corrected chi connectivity index (χ4v) is 2.85. The molecule has 0 saturated heterocycles. The predicted molar refractivity (Wildman–Crippen MR) is 77.8 cm³/mol. The third-order valence-electron chi connectivity index (χ3n) is 3.24. The first-order valence-corrected chi connectivity index (χ1v) is 6.86. The molecule has 1 aliphatic heterocycles. The number of phenolic OH excluding ortho intramolecular Hbond substituents is 1. The molecule has 1 N–H and O–H groups in total. The number of phenols is 1. The topological polar surface area (TPSA) is 59.6 Å². The van der Waals surface area contributed by atoms with E-state index >= 15 is 0 Å². The summed E-state index contributed by atoms with van der Waals surface area (Å²) in [5.41, 5.74) is 1.35. The predicted octanol–water partition coefficient (Wildman–Crippen LogP) is 3.58. The van der Waals surface area contributed by atoms with E-state index in [2.05, 4.69) is 27.1 Å². The molecule has 4 nitrogen and oxygen atoms in total. The van der Waals surface area contributed by atoms with Crippen LogP contribution < -0.4 is 0 Å². The van der Waals surface area contributed by atoms with E-state index in [1.54, 1.807) is 23.2 Å². The summed E-state index contributed by atoms with van der Waals surface area (Å²) < 4.78 is 0.832. The van der Waals surface area contributed by atoms with Gasteiger partial charge in [-0.05, 0) is 39.0 Å². The minimum Gasteiger partial charge on any atom is -0.508 e. The average molecular weight is 322 g/mol. The van der Waals surface area contributed by atoms with E-state index in [-0.39, 0.29) is 11.3 Å². The van der Waals surface area contributed by atoms with Gasteiger partial charge in [-0.3, -0.25) is 5.01 Å². The summed E-state index contributed by atoms with van der Waals surface area (Å²) >= 11 is 3.37. The highest BCUT2D eigenvalue weighted by molar-refractivity contribution is 9.10. The number of hydrogen-bond acceptors (Lipinski definition) is 4. The van der Waals surface area contributed by atoms with Crippen molar-refractivity contribution in [3.05, 3.63) is 28.2 Å². The molecule has 0 amide bonds. The van der Waals surface area contributed by atoms with Gasteiger partial charge in [0.1, 0.15) is 5.75 Å². The highest BCUT2D eigenvalue weighted by Crippen LogP contribution is 2.38. The standard InChI is InChI=1S/C14H16BrN3O/c1-9-7-14(2,3)18(17-9)12(8-16)11-6-10(15)4-5-13(11)19/h4-6,12,19H,7H2,1-3H3/t12-/m1/s1. The van der Waals surface area contributed by atoms with Gasteiger partial charge in [-0.1, -0.05) is 15.9 Å². The van der Waals surface area contributed by atoms with Crippen LogP contribution in [-0.2, 0) is 0 Å². The molecule has 19 heavy (non-hydrogen) atoms.